The summed E-state index contributed by atoms with van der Waals surface area (Å²) in [5.41, 5.74) is 0. The van der Waals surface area contributed by atoms with Crippen LogP contribution in [0.2, 0.25) is 0 Å². The lowest BCUT2D eigenvalue weighted by Gasteiger charge is -2.24. The van der Waals surface area contributed by atoms with E-state index in [1.807, 2.05) is 6.92 Å². The van der Waals surface area contributed by atoms with E-state index in [9.17, 15) is 0 Å². The highest BCUT2D eigenvalue weighted by atomic mass is 31.2. The van der Waals surface area contributed by atoms with Gasteiger partial charge in [0.15, 0.2) is 0 Å². The van der Waals surface area contributed by atoms with Crippen LogP contribution in [0.15, 0.2) is 0 Å². The monoisotopic (exact) mass is 150 g/mol. The zero-order chi connectivity index (χ0) is 6.69. The maximum absolute atomic E-state index is 5.26. The zero-order valence-corrected chi connectivity index (χ0v) is 6.56. The summed E-state index contributed by atoms with van der Waals surface area (Å²) in [5.74, 6) is 0. The Hall–Kier alpha value is 0.310. The number of rotatable bonds is 1. The van der Waals surface area contributed by atoms with Gasteiger partial charge in [-0.2, -0.15) is 0 Å². The maximum atomic E-state index is 5.26. The van der Waals surface area contributed by atoms with Crippen LogP contribution in [0.25, 0.3) is 0 Å². The van der Waals surface area contributed by atoms with Crippen LogP contribution in [0.4, 0.5) is 0 Å². The van der Waals surface area contributed by atoms with E-state index in [1.54, 1.807) is 7.11 Å². The first-order valence-electron chi connectivity index (χ1n) is 2.97. The van der Waals surface area contributed by atoms with Crippen LogP contribution < -0.4 is 0 Å². The standard InChI is InChI=1S/C5H11O3P/c1-5-3-4-7-9(6-2)8-5/h5H,3-4H2,1-2H3/t5-,9-/m0/s1. The molecule has 0 spiro atoms. The largest absolute Gasteiger partial charge is 0.332 e. The molecule has 0 aromatic heterocycles. The Kier molecular flexibility index (Phi) is 2.86. The molecular weight excluding hydrogens is 139 g/mol. The van der Waals surface area contributed by atoms with Crippen LogP contribution in [-0.2, 0) is 13.6 Å². The second kappa shape index (κ2) is 3.47. The van der Waals surface area contributed by atoms with E-state index >= 15 is 0 Å². The molecule has 0 aromatic carbocycles. The minimum Gasteiger partial charge on any atom is -0.316 e. The Morgan fingerprint density at radius 2 is 2.44 bits per heavy atom. The van der Waals surface area contributed by atoms with Gasteiger partial charge in [-0.25, -0.2) is 0 Å². The lowest BCUT2D eigenvalue weighted by Crippen LogP contribution is -2.14. The molecular formula is C5H11O3P. The van der Waals surface area contributed by atoms with Crippen molar-refractivity contribution >= 4 is 8.60 Å². The average Bonchev–Trinajstić information content (AvgIpc) is 1.88. The normalized spacial score (nSPS) is 36.7. The second-order valence-corrected chi connectivity index (χ2v) is 3.23. The topological polar surface area (TPSA) is 27.7 Å². The van der Waals surface area contributed by atoms with Crippen molar-refractivity contribution in [1.29, 1.82) is 0 Å². The fourth-order valence-corrected chi connectivity index (χ4v) is 1.53. The van der Waals surface area contributed by atoms with Gasteiger partial charge >= 0.3 is 8.60 Å². The zero-order valence-electron chi connectivity index (χ0n) is 5.66. The molecule has 1 aliphatic rings. The molecule has 1 heterocycles. The Bertz CT molecular complexity index is 88.3. The molecule has 0 N–H and O–H groups in total. The number of hydrogen-bond donors (Lipinski definition) is 0. The van der Waals surface area contributed by atoms with E-state index in [-0.39, 0.29) is 0 Å². The quantitative estimate of drug-likeness (QED) is 0.532. The van der Waals surface area contributed by atoms with Gasteiger partial charge in [-0.15, -0.1) is 0 Å². The fourth-order valence-electron chi connectivity index (χ4n) is 0.619. The number of hydrogen-bond acceptors (Lipinski definition) is 3. The molecule has 4 heteroatoms. The Balaban J connectivity index is 2.23. The van der Waals surface area contributed by atoms with E-state index in [0.29, 0.717) is 6.10 Å². The highest BCUT2D eigenvalue weighted by Gasteiger charge is 2.20. The molecule has 0 unspecified atom stereocenters. The van der Waals surface area contributed by atoms with Crippen molar-refractivity contribution in [3.05, 3.63) is 0 Å². The third kappa shape index (κ3) is 2.18. The van der Waals surface area contributed by atoms with Crippen LogP contribution in [0.3, 0.4) is 0 Å². The highest BCUT2D eigenvalue weighted by Crippen LogP contribution is 2.43. The molecule has 54 valence electrons. The van der Waals surface area contributed by atoms with E-state index in [4.69, 9.17) is 13.6 Å². The molecule has 0 aromatic rings. The molecule has 0 amide bonds. The van der Waals surface area contributed by atoms with Gasteiger partial charge in [-0.3, -0.25) is 0 Å². The van der Waals surface area contributed by atoms with Crippen molar-refractivity contribution in [3.63, 3.8) is 0 Å². The van der Waals surface area contributed by atoms with E-state index in [2.05, 4.69) is 0 Å². The molecule has 1 aliphatic heterocycles. The van der Waals surface area contributed by atoms with Crippen molar-refractivity contribution in [2.75, 3.05) is 13.7 Å². The first kappa shape index (κ1) is 7.42. The summed E-state index contributed by atoms with van der Waals surface area (Å²) in [7, 11) is 0.592. The Morgan fingerprint density at radius 3 is 2.89 bits per heavy atom. The van der Waals surface area contributed by atoms with Gasteiger partial charge in [0.25, 0.3) is 0 Å². The van der Waals surface area contributed by atoms with Gasteiger partial charge in [-0.05, 0) is 13.3 Å². The van der Waals surface area contributed by atoms with Gasteiger partial charge in [0.2, 0.25) is 0 Å². The van der Waals surface area contributed by atoms with Crippen molar-refractivity contribution in [3.8, 4) is 0 Å². The predicted molar refractivity (Wildman–Crippen MR) is 35.0 cm³/mol. The Morgan fingerprint density at radius 1 is 1.67 bits per heavy atom. The van der Waals surface area contributed by atoms with Crippen LogP contribution >= 0.6 is 8.60 Å². The predicted octanol–water partition coefficient (Wildman–Crippen LogP) is 1.69. The van der Waals surface area contributed by atoms with Crippen molar-refractivity contribution in [2.45, 2.75) is 19.4 Å². The van der Waals surface area contributed by atoms with Crippen molar-refractivity contribution in [1.82, 2.24) is 0 Å². The summed E-state index contributed by atoms with van der Waals surface area (Å²) in [6, 6.07) is 0. The average molecular weight is 150 g/mol. The van der Waals surface area contributed by atoms with E-state index in [0.717, 1.165) is 13.0 Å². The first-order valence-corrected chi connectivity index (χ1v) is 4.06. The minimum absolute atomic E-state index is 0.296. The Labute approximate surface area is 56.3 Å². The summed E-state index contributed by atoms with van der Waals surface area (Å²) in [5, 5.41) is 0. The van der Waals surface area contributed by atoms with Gasteiger partial charge in [-0.1, -0.05) is 0 Å². The third-order valence-electron chi connectivity index (χ3n) is 1.14. The first-order chi connectivity index (χ1) is 4.33. The molecule has 1 saturated heterocycles. The summed E-state index contributed by atoms with van der Waals surface area (Å²) < 4.78 is 15.3. The molecule has 2 atom stereocenters. The molecule has 0 aliphatic carbocycles. The van der Waals surface area contributed by atoms with Gasteiger partial charge < -0.3 is 13.6 Å². The minimum atomic E-state index is -1.01. The summed E-state index contributed by atoms with van der Waals surface area (Å²) in [6.45, 7) is 2.79. The van der Waals surface area contributed by atoms with Crippen LogP contribution in [0.5, 0.6) is 0 Å². The van der Waals surface area contributed by atoms with Gasteiger partial charge in [0.05, 0.1) is 12.7 Å². The molecule has 3 nitrogen and oxygen atoms in total. The third-order valence-corrected chi connectivity index (χ3v) is 2.36. The molecule has 9 heavy (non-hydrogen) atoms. The van der Waals surface area contributed by atoms with Crippen LogP contribution in [-0.4, -0.2) is 19.8 Å². The summed E-state index contributed by atoms with van der Waals surface area (Å²) in [4.78, 5) is 0. The molecule has 0 saturated carbocycles. The lowest BCUT2D eigenvalue weighted by molar-refractivity contribution is 0.0806. The second-order valence-electron chi connectivity index (χ2n) is 1.94. The SMILES string of the molecule is CO[P@@]1OCC[C@H](C)O1. The van der Waals surface area contributed by atoms with E-state index < -0.39 is 8.60 Å². The molecule has 0 radical (unpaired) electrons. The maximum Gasteiger partial charge on any atom is 0.332 e. The highest BCUT2D eigenvalue weighted by molar-refractivity contribution is 7.41. The van der Waals surface area contributed by atoms with Crippen molar-refractivity contribution in [2.24, 2.45) is 0 Å². The van der Waals surface area contributed by atoms with Gasteiger partial charge in [0.1, 0.15) is 0 Å². The molecule has 1 fully saturated rings. The van der Waals surface area contributed by atoms with Crippen molar-refractivity contribution < 1.29 is 13.6 Å². The van der Waals surface area contributed by atoms with Gasteiger partial charge in [0, 0.05) is 7.11 Å². The summed E-state index contributed by atoms with van der Waals surface area (Å²) >= 11 is 0. The van der Waals surface area contributed by atoms with E-state index in [1.165, 1.54) is 0 Å². The molecule has 1 rings (SSSR count). The van der Waals surface area contributed by atoms with Crippen LogP contribution in [0.1, 0.15) is 13.3 Å². The van der Waals surface area contributed by atoms with Crippen LogP contribution in [0, 0.1) is 0 Å². The molecule has 0 bridgehead atoms. The lowest BCUT2D eigenvalue weighted by atomic mass is 10.3. The smallest absolute Gasteiger partial charge is 0.316 e. The fraction of sp³-hybridized carbons (Fsp3) is 1.00. The summed E-state index contributed by atoms with van der Waals surface area (Å²) in [6.07, 6.45) is 1.27.